The van der Waals surface area contributed by atoms with Gasteiger partial charge in [-0.3, -0.25) is 0 Å². The molecule has 0 unspecified atom stereocenters. The highest BCUT2D eigenvalue weighted by Crippen LogP contribution is 2.23. The second-order valence-corrected chi connectivity index (χ2v) is 7.17. The summed E-state index contributed by atoms with van der Waals surface area (Å²) in [6.07, 6.45) is 6.57. The second-order valence-electron chi connectivity index (χ2n) is 4.62. The minimum Gasteiger partial charge on any atom is -0.381 e. The Morgan fingerprint density at radius 2 is 2.12 bits per heavy atom. The maximum absolute atomic E-state index is 5.38. The van der Waals surface area contributed by atoms with Crippen LogP contribution in [0.15, 0.2) is 15.9 Å². The number of hydrogen-bond donors (Lipinski definition) is 1. The van der Waals surface area contributed by atoms with Crippen molar-refractivity contribution in [2.24, 2.45) is 0 Å². The van der Waals surface area contributed by atoms with Crippen LogP contribution in [0.4, 0.5) is 0 Å². The SMILES string of the molecule is COC1CCC(NCCc2ccc(Br)s2)CC1. The van der Waals surface area contributed by atoms with E-state index in [9.17, 15) is 0 Å². The van der Waals surface area contributed by atoms with Crippen LogP contribution in [0.2, 0.25) is 0 Å². The summed E-state index contributed by atoms with van der Waals surface area (Å²) in [6.45, 7) is 1.09. The highest BCUT2D eigenvalue weighted by Gasteiger charge is 2.19. The van der Waals surface area contributed by atoms with Gasteiger partial charge < -0.3 is 10.1 Å². The highest BCUT2D eigenvalue weighted by molar-refractivity contribution is 9.11. The van der Waals surface area contributed by atoms with E-state index in [0.717, 1.165) is 13.0 Å². The number of methoxy groups -OCH3 is 1. The van der Waals surface area contributed by atoms with Crippen LogP contribution in [0.5, 0.6) is 0 Å². The van der Waals surface area contributed by atoms with Gasteiger partial charge in [-0.05, 0) is 60.2 Å². The van der Waals surface area contributed by atoms with Crippen molar-refractivity contribution in [3.05, 3.63) is 20.8 Å². The molecule has 0 radical (unpaired) electrons. The van der Waals surface area contributed by atoms with Gasteiger partial charge in [0.05, 0.1) is 9.89 Å². The third-order valence-electron chi connectivity index (χ3n) is 3.44. The number of ether oxygens (including phenoxy) is 1. The second kappa shape index (κ2) is 6.88. The fraction of sp³-hybridized carbons (Fsp3) is 0.692. The lowest BCUT2D eigenvalue weighted by molar-refractivity contribution is 0.0626. The first-order valence-electron chi connectivity index (χ1n) is 6.28. The molecule has 0 amide bonds. The summed E-state index contributed by atoms with van der Waals surface area (Å²) < 4.78 is 6.61. The molecule has 4 heteroatoms. The van der Waals surface area contributed by atoms with Crippen molar-refractivity contribution in [2.75, 3.05) is 13.7 Å². The predicted octanol–water partition coefficient (Wildman–Crippen LogP) is 3.60. The van der Waals surface area contributed by atoms with Crippen molar-refractivity contribution in [1.82, 2.24) is 5.32 Å². The molecule has 0 atom stereocenters. The van der Waals surface area contributed by atoms with Crippen molar-refractivity contribution < 1.29 is 4.74 Å². The molecule has 1 N–H and O–H groups in total. The normalized spacial score (nSPS) is 25.1. The predicted molar refractivity (Wildman–Crippen MR) is 76.8 cm³/mol. The van der Waals surface area contributed by atoms with E-state index in [2.05, 4.69) is 33.4 Å². The first kappa shape index (κ1) is 13.5. The van der Waals surface area contributed by atoms with E-state index in [1.165, 1.54) is 34.3 Å². The molecule has 0 spiro atoms. The van der Waals surface area contributed by atoms with E-state index in [1.807, 2.05) is 18.4 Å². The molecule has 17 heavy (non-hydrogen) atoms. The highest BCUT2D eigenvalue weighted by atomic mass is 79.9. The molecule has 0 aliphatic heterocycles. The van der Waals surface area contributed by atoms with Crippen LogP contribution in [-0.4, -0.2) is 25.8 Å². The summed E-state index contributed by atoms with van der Waals surface area (Å²) in [5, 5.41) is 3.66. The monoisotopic (exact) mass is 317 g/mol. The Bertz CT molecular complexity index is 334. The molecule has 1 fully saturated rings. The van der Waals surface area contributed by atoms with E-state index in [0.29, 0.717) is 12.1 Å². The van der Waals surface area contributed by atoms with Crippen LogP contribution < -0.4 is 5.32 Å². The van der Waals surface area contributed by atoms with Gasteiger partial charge in [0.25, 0.3) is 0 Å². The molecule has 1 aromatic rings. The molecule has 0 saturated heterocycles. The van der Waals surface area contributed by atoms with Crippen molar-refractivity contribution >= 4 is 27.3 Å². The summed E-state index contributed by atoms with van der Waals surface area (Å²) in [5.41, 5.74) is 0. The molecular formula is C13H20BrNOS. The van der Waals surface area contributed by atoms with Gasteiger partial charge in [-0.1, -0.05) is 0 Å². The molecule has 2 rings (SSSR count). The van der Waals surface area contributed by atoms with Gasteiger partial charge in [-0.15, -0.1) is 11.3 Å². The molecule has 1 aromatic heterocycles. The van der Waals surface area contributed by atoms with Gasteiger partial charge in [0.15, 0.2) is 0 Å². The smallest absolute Gasteiger partial charge is 0.0701 e. The summed E-state index contributed by atoms with van der Waals surface area (Å²) in [7, 11) is 1.83. The average Bonchev–Trinajstić information content (AvgIpc) is 2.76. The van der Waals surface area contributed by atoms with Crippen molar-refractivity contribution in [2.45, 2.75) is 44.2 Å². The van der Waals surface area contributed by atoms with E-state index >= 15 is 0 Å². The third-order valence-corrected chi connectivity index (χ3v) is 5.12. The summed E-state index contributed by atoms with van der Waals surface area (Å²) >= 11 is 5.33. The average molecular weight is 318 g/mol. The van der Waals surface area contributed by atoms with Crippen molar-refractivity contribution in [3.8, 4) is 0 Å². The fourth-order valence-electron chi connectivity index (χ4n) is 2.39. The Labute approximate surface area is 116 Å². The zero-order chi connectivity index (χ0) is 12.1. The van der Waals surface area contributed by atoms with E-state index in [4.69, 9.17) is 4.74 Å². The fourth-order valence-corrected chi connectivity index (χ4v) is 3.87. The first-order valence-corrected chi connectivity index (χ1v) is 7.89. The standard InChI is InChI=1S/C13H20BrNOS/c1-16-11-4-2-10(3-5-11)15-9-8-12-6-7-13(14)17-12/h6-7,10-11,15H,2-5,8-9H2,1H3. The van der Waals surface area contributed by atoms with Crippen molar-refractivity contribution in [1.29, 1.82) is 0 Å². The summed E-state index contributed by atoms with van der Waals surface area (Å²) in [6, 6.07) is 5.03. The molecule has 2 nitrogen and oxygen atoms in total. The topological polar surface area (TPSA) is 21.3 Å². The number of nitrogens with one attached hydrogen (secondary N) is 1. The van der Waals surface area contributed by atoms with Crippen molar-refractivity contribution in [3.63, 3.8) is 0 Å². The maximum Gasteiger partial charge on any atom is 0.0701 e. The number of thiophene rings is 1. The number of halogens is 1. The van der Waals surface area contributed by atoms with Gasteiger partial charge >= 0.3 is 0 Å². The van der Waals surface area contributed by atoms with E-state index in [1.54, 1.807) is 0 Å². The zero-order valence-corrected chi connectivity index (χ0v) is 12.6. The molecule has 0 bridgehead atoms. The van der Waals surface area contributed by atoms with Gasteiger partial charge in [-0.2, -0.15) is 0 Å². The Morgan fingerprint density at radius 3 is 2.71 bits per heavy atom. The van der Waals surface area contributed by atoms with Crippen LogP contribution in [0.25, 0.3) is 0 Å². The summed E-state index contributed by atoms with van der Waals surface area (Å²) in [5.74, 6) is 0. The molecule has 0 aromatic carbocycles. The Kier molecular flexibility index (Phi) is 5.48. The number of rotatable bonds is 5. The molecule has 1 saturated carbocycles. The van der Waals surface area contributed by atoms with Gasteiger partial charge in [0.2, 0.25) is 0 Å². The molecule has 1 heterocycles. The summed E-state index contributed by atoms with van der Waals surface area (Å²) in [4.78, 5) is 1.45. The lowest BCUT2D eigenvalue weighted by Crippen LogP contribution is -2.36. The largest absolute Gasteiger partial charge is 0.381 e. The quantitative estimate of drug-likeness (QED) is 0.896. The minimum atomic E-state index is 0.501. The van der Waals surface area contributed by atoms with Crippen LogP contribution >= 0.6 is 27.3 Å². The maximum atomic E-state index is 5.38. The lowest BCUT2D eigenvalue weighted by Gasteiger charge is -2.28. The molecule has 96 valence electrons. The third kappa shape index (κ3) is 4.36. The van der Waals surface area contributed by atoms with Crippen LogP contribution in [0, 0.1) is 0 Å². The van der Waals surface area contributed by atoms with Gasteiger partial charge in [0, 0.05) is 24.6 Å². The van der Waals surface area contributed by atoms with E-state index < -0.39 is 0 Å². The number of hydrogen-bond acceptors (Lipinski definition) is 3. The zero-order valence-electron chi connectivity index (χ0n) is 10.2. The Hall–Kier alpha value is 0.1000. The van der Waals surface area contributed by atoms with Crippen LogP contribution in [-0.2, 0) is 11.2 Å². The van der Waals surface area contributed by atoms with E-state index in [-0.39, 0.29) is 0 Å². The Morgan fingerprint density at radius 1 is 1.35 bits per heavy atom. The molecular weight excluding hydrogens is 298 g/mol. The molecule has 1 aliphatic carbocycles. The van der Waals surface area contributed by atoms with Crippen LogP contribution in [0.3, 0.4) is 0 Å². The minimum absolute atomic E-state index is 0.501. The Balaban J connectivity index is 1.63. The first-order chi connectivity index (χ1) is 8.28. The van der Waals surface area contributed by atoms with Crippen LogP contribution in [0.1, 0.15) is 30.6 Å². The van der Waals surface area contributed by atoms with Gasteiger partial charge in [0.1, 0.15) is 0 Å². The lowest BCUT2D eigenvalue weighted by atomic mass is 9.93. The van der Waals surface area contributed by atoms with Gasteiger partial charge in [-0.25, -0.2) is 0 Å². The molecule has 1 aliphatic rings.